The van der Waals surface area contributed by atoms with Crippen LogP contribution in [0, 0.1) is 0 Å². The van der Waals surface area contributed by atoms with Gasteiger partial charge in [0.05, 0.1) is 0 Å². The number of nitrogens with one attached hydrogen (secondary N) is 1. The van der Waals surface area contributed by atoms with Crippen molar-refractivity contribution in [2.24, 2.45) is 0 Å². The van der Waals surface area contributed by atoms with Gasteiger partial charge in [-0.05, 0) is 18.1 Å². The van der Waals surface area contributed by atoms with Crippen LogP contribution >= 0.6 is 0 Å². The van der Waals surface area contributed by atoms with E-state index in [9.17, 15) is 26.7 Å². The zero-order chi connectivity index (χ0) is 16.0. The van der Waals surface area contributed by atoms with Crippen LogP contribution in [-0.4, -0.2) is 26.2 Å². The van der Waals surface area contributed by atoms with Crippen molar-refractivity contribution in [3.63, 3.8) is 0 Å². The van der Waals surface area contributed by atoms with E-state index in [2.05, 4.69) is 4.98 Å². The number of amides is 1. The van der Waals surface area contributed by atoms with Gasteiger partial charge in [0, 0.05) is 0 Å². The Morgan fingerprint density at radius 1 is 0.900 bits per heavy atom. The molecule has 0 unspecified atom stereocenters. The topological polar surface area (TPSA) is 29.1 Å². The quantitative estimate of drug-likeness (QED) is 0.519. The van der Waals surface area contributed by atoms with Crippen LogP contribution in [0.4, 0.5) is 22.0 Å². The van der Waals surface area contributed by atoms with E-state index >= 15 is 0 Å². The Morgan fingerprint density at radius 3 is 1.50 bits per heavy atom. The van der Waals surface area contributed by atoms with Crippen molar-refractivity contribution >= 4 is 14.1 Å². The molecule has 0 atom stereocenters. The van der Waals surface area contributed by atoms with E-state index in [0.717, 1.165) is 0 Å². The van der Waals surface area contributed by atoms with E-state index < -0.39 is 26.2 Å². The lowest BCUT2D eigenvalue weighted by Crippen LogP contribution is -2.60. The van der Waals surface area contributed by atoms with Gasteiger partial charge in [0.15, 0.2) is 8.24 Å². The van der Waals surface area contributed by atoms with Crippen LogP contribution in [0.25, 0.3) is 0 Å². The Labute approximate surface area is 117 Å². The van der Waals surface area contributed by atoms with Crippen molar-refractivity contribution in [2.45, 2.75) is 70.3 Å². The molecule has 0 heterocycles. The summed E-state index contributed by atoms with van der Waals surface area (Å²) in [5.74, 6) is -7.51. The molecule has 120 valence electrons. The minimum atomic E-state index is -5.85. The van der Waals surface area contributed by atoms with Gasteiger partial charge in [0.2, 0.25) is 0 Å². The van der Waals surface area contributed by atoms with Gasteiger partial charge in [-0.15, -0.1) is 0 Å². The van der Waals surface area contributed by atoms with E-state index in [1.54, 1.807) is 0 Å². The zero-order valence-electron chi connectivity index (χ0n) is 12.0. The number of carbonyl (C=O) groups excluding carboxylic acids is 1. The lowest BCUT2D eigenvalue weighted by atomic mass is 10.3. The van der Waals surface area contributed by atoms with Crippen molar-refractivity contribution in [3.05, 3.63) is 0 Å². The van der Waals surface area contributed by atoms with Crippen LogP contribution in [0.15, 0.2) is 0 Å². The zero-order valence-corrected chi connectivity index (χ0v) is 13.0. The molecule has 0 fully saturated rings. The standard InChI is InChI=1S/C12H22F5NOSi/c1-4-7-20(8-5-2,9-6-3)18-10(19)11(13,14)12(15,16)17/h4-9H2,1-3H3,(H,18,19). The van der Waals surface area contributed by atoms with E-state index in [4.69, 9.17) is 0 Å². The van der Waals surface area contributed by atoms with Gasteiger partial charge >= 0.3 is 12.1 Å². The molecule has 0 spiro atoms. The van der Waals surface area contributed by atoms with Gasteiger partial charge in [0.1, 0.15) is 0 Å². The Bertz CT molecular complexity index is 302. The van der Waals surface area contributed by atoms with Gasteiger partial charge in [0.25, 0.3) is 5.91 Å². The van der Waals surface area contributed by atoms with Crippen LogP contribution in [0.1, 0.15) is 40.0 Å². The predicted octanol–water partition coefficient (Wildman–Crippen LogP) is 4.48. The molecule has 2 nitrogen and oxygen atoms in total. The van der Waals surface area contributed by atoms with Crippen molar-refractivity contribution in [1.82, 2.24) is 4.98 Å². The van der Waals surface area contributed by atoms with Crippen molar-refractivity contribution < 1.29 is 26.7 Å². The summed E-state index contributed by atoms with van der Waals surface area (Å²) < 4.78 is 62.8. The lowest BCUT2D eigenvalue weighted by molar-refractivity contribution is -0.269. The molecule has 0 saturated heterocycles. The number of hydrogen-bond donors (Lipinski definition) is 1. The van der Waals surface area contributed by atoms with Gasteiger partial charge in [-0.25, -0.2) is 0 Å². The fourth-order valence-corrected chi connectivity index (χ4v) is 7.08. The first kappa shape index (κ1) is 19.3. The molecule has 0 aromatic rings. The molecule has 0 bridgehead atoms. The molecule has 0 aromatic carbocycles. The van der Waals surface area contributed by atoms with E-state index in [-0.39, 0.29) is 0 Å². The third-order valence-corrected chi connectivity index (χ3v) is 8.33. The molecular formula is C12H22F5NOSi. The van der Waals surface area contributed by atoms with Gasteiger partial charge in [-0.1, -0.05) is 40.0 Å². The molecule has 20 heavy (non-hydrogen) atoms. The molecular weight excluding hydrogens is 297 g/mol. The van der Waals surface area contributed by atoms with E-state index in [1.807, 2.05) is 20.8 Å². The van der Waals surface area contributed by atoms with Crippen LogP contribution in [0.5, 0.6) is 0 Å². The normalized spacial score (nSPS) is 13.4. The summed E-state index contributed by atoms with van der Waals surface area (Å²) in [6.45, 7) is 5.50. The summed E-state index contributed by atoms with van der Waals surface area (Å²) in [7, 11) is -2.63. The van der Waals surface area contributed by atoms with E-state index in [1.165, 1.54) is 0 Å². The largest absolute Gasteiger partial charge is 0.463 e. The lowest BCUT2D eigenvalue weighted by Gasteiger charge is -2.33. The first-order chi connectivity index (χ1) is 9.06. The monoisotopic (exact) mass is 319 g/mol. The maximum atomic E-state index is 13.1. The molecule has 8 heteroatoms. The summed E-state index contributed by atoms with van der Waals surface area (Å²) in [5, 5.41) is 0. The van der Waals surface area contributed by atoms with Crippen LogP contribution in [0.2, 0.25) is 18.1 Å². The van der Waals surface area contributed by atoms with Crippen molar-refractivity contribution in [1.29, 1.82) is 0 Å². The first-order valence-corrected chi connectivity index (χ1v) is 9.45. The molecule has 0 rings (SSSR count). The number of halogens is 5. The van der Waals surface area contributed by atoms with Gasteiger partial charge in [-0.2, -0.15) is 22.0 Å². The first-order valence-electron chi connectivity index (χ1n) is 6.83. The Balaban J connectivity index is 5.19. The number of hydrogen-bond acceptors (Lipinski definition) is 1. The highest BCUT2D eigenvalue weighted by atomic mass is 28.3. The van der Waals surface area contributed by atoms with Crippen LogP contribution in [-0.2, 0) is 4.79 Å². The highest BCUT2D eigenvalue weighted by Crippen LogP contribution is 2.36. The second-order valence-electron chi connectivity index (χ2n) is 5.06. The summed E-state index contributed by atoms with van der Waals surface area (Å²) in [4.78, 5) is 13.5. The number of carbonyl (C=O) groups is 1. The average Bonchev–Trinajstić information content (AvgIpc) is 2.28. The maximum Gasteiger partial charge on any atom is 0.463 e. The molecule has 0 aliphatic heterocycles. The summed E-state index contributed by atoms with van der Waals surface area (Å²) in [5.41, 5.74) is 0. The molecule has 0 radical (unpaired) electrons. The smallest absolute Gasteiger partial charge is 0.376 e. The highest BCUT2D eigenvalue weighted by molar-refractivity contribution is 6.79. The average molecular weight is 319 g/mol. The molecule has 0 aliphatic rings. The Hall–Kier alpha value is -0.663. The Kier molecular flexibility index (Phi) is 7.13. The summed E-state index contributed by atoms with van der Waals surface area (Å²) >= 11 is 0. The van der Waals surface area contributed by atoms with Crippen LogP contribution in [0.3, 0.4) is 0 Å². The molecule has 1 amide bonds. The number of rotatable bonds is 8. The maximum absolute atomic E-state index is 13.1. The summed E-state index contributed by atoms with van der Waals surface area (Å²) in [6, 6.07) is 1.57. The Morgan fingerprint density at radius 2 is 1.25 bits per heavy atom. The SMILES string of the molecule is CCC[Si](CCC)(CCC)NC(=O)C(F)(F)C(F)(F)F. The number of alkyl halides is 5. The van der Waals surface area contributed by atoms with Crippen LogP contribution < -0.4 is 4.98 Å². The van der Waals surface area contributed by atoms with E-state index in [0.29, 0.717) is 37.4 Å². The van der Waals surface area contributed by atoms with Gasteiger partial charge in [-0.3, -0.25) is 4.79 Å². The van der Waals surface area contributed by atoms with Gasteiger partial charge < -0.3 is 4.98 Å². The molecule has 0 aromatic heterocycles. The van der Waals surface area contributed by atoms with Crippen molar-refractivity contribution in [2.75, 3.05) is 0 Å². The predicted molar refractivity (Wildman–Crippen MR) is 70.2 cm³/mol. The second-order valence-corrected chi connectivity index (χ2v) is 9.37. The second kappa shape index (κ2) is 7.38. The van der Waals surface area contributed by atoms with Crippen molar-refractivity contribution in [3.8, 4) is 0 Å². The summed E-state index contributed by atoms with van der Waals surface area (Å²) in [6.07, 6.45) is -3.87. The molecule has 0 saturated carbocycles. The highest BCUT2D eigenvalue weighted by Gasteiger charge is 2.64. The molecule has 1 N–H and O–H groups in total. The minimum Gasteiger partial charge on any atom is -0.376 e. The third kappa shape index (κ3) is 4.71. The fraction of sp³-hybridized carbons (Fsp3) is 0.917. The fourth-order valence-electron chi connectivity index (χ4n) is 2.45. The minimum absolute atomic E-state index is 0.522. The molecule has 0 aliphatic carbocycles. The third-order valence-electron chi connectivity index (χ3n) is 3.21.